The number of carbonyl (C=O) groups excluding carboxylic acids is 1. The number of hydrogen-bond donors (Lipinski definition) is 1. The Hall–Kier alpha value is -1.40. The van der Waals surface area contributed by atoms with Crippen molar-refractivity contribution in [3.8, 4) is 0 Å². The second-order valence-corrected chi connectivity index (χ2v) is 7.64. The second kappa shape index (κ2) is 7.24. The van der Waals surface area contributed by atoms with Crippen molar-refractivity contribution in [1.29, 1.82) is 0 Å². The number of rotatable bonds is 5. The molecule has 1 heterocycles. The summed E-state index contributed by atoms with van der Waals surface area (Å²) in [7, 11) is -3.67. The largest absolute Gasteiger partial charge is 0.377 e. The number of hydrogen-bond acceptors (Lipinski definition) is 4. The zero-order valence-corrected chi connectivity index (χ0v) is 13.9. The molecule has 1 aliphatic heterocycles. The number of aryl methyl sites for hydroxylation is 1. The molecule has 0 unspecified atom stereocenters. The van der Waals surface area contributed by atoms with E-state index in [1.54, 1.807) is 6.92 Å². The van der Waals surface area contributed by atoms with Crippen LogP contribution in [0.25, 0.3) is 0 Å². The summed E-state index contributed by atoms with van der Waals surface area (Å²) in [6.45, 7) is 4.25. The van der Waals surface area contributed by atoms with Crippen molar-refractivity contribution in [2.75, 3.05) is 12.4 Å². The molecule has 6 heteroatoms. The summed E-state index contributed by atoms with van der Waals surface area (Å²) in [6, 6.07) is 7.50. The van der Waals surface area contributed by atoms with Gasteiger partial charge in [-0.3, -0.25) is 9.52 Å². The van der Waals surface area contributed by atoms with Crippen LogP contribution in [0.5, 0.6) is 0 Å². The van der Waals surface area contributed by atoms with Gasteiger partial charge in [-0.1, -0.05) is 29.8 Å². The van der Waals surface area contributed by atoms with Crippen LogP contribution in [0.2, 0.25) is 0 Å². The number of nitrogens with one attached hydrogen (secondary N) is 1. The maximum Gasteiger partial charge on any atom is 0.240 e. The van der Waals surface area contributed by atoms with E-state index in [0.717, 1.165) is 30.4 Å². The van der Waals surface area contributed by atoms with Gasteiger partial charge in [0, 0.05) is 6.61 Å². The minimum absolute atomic E-state index is 0.153. The van der Waals surface area contributed by atoms with Gasteiger partial charge in [-0.15, -0.1) is 0 Å². The van der Waals surface area contributed by atoms with Crippen LogP contribution < -0.4 is 4.72 Å². The van der Waals surface area contributed by atoms with Gasteiger partial charge in [-0.25, -0.2) is 8.42 Å². The van der Waals surface area contributed by atoms with E-state index in [0.29, 0.717) is 6.61 Å². The van der Waals surface area contributed by atoms with Crippen LogP contribution in [-0.2, 0) is 19.6 Å². The molecule has 0 aliphatic carbocycles. The van der Waals surface area contributed by atoms with Gasteiger partial charge in [-0.05, 0) is 38.7 Å². The average Bonchev–Trinajstić information content (AvgIpc) is 2.47. The molecule has 1 N–H and O–H groups in total. The molecule has 2 rings (SSSR count). The van der Waals surface area contributed by atoms with Crippen LogP contribution in [-0.4, -0.2) is 32.8 Å². The monoisotopic (exact) mass is 325 g/mol. The standard InChI is InChI=1S/C16H23NO4S/c1-12-6-8-14(9-7-12)13(2)16(18)17-22(19,20)11-15-5-3-4-10-21-15/h6-9,13,15H,3-5,10-11H2,1-2H3,(H,17,18)/t13-,15+/m1/s1. The molecule has 0 spiro atoms. The molecule has 1 aliphatic rings. The van der Waals surface area contributed by atoms with Gasteiger partial charge in [0.25, 0.3) is 0 Å². The minimum atomic E-state index is -3.67. The fraction of sp³-hybridized carbons (Fsp3) is 0.562. The van der Waals surface area contributed by atoms with E-state index in [9.17, 15) is 13.2 Å². The van der Waals surface area contributed by atoms with Gasteiger partial charge in [0.2, 0.25) is 15.9 Å². The highest BCUT2D eigenvalue weighted by Crippen LogP contribution is 2.17. The van der Waals surface area contributed by atoms with Crippen LogP contribution in [0.1, 0.15) is 43.2 Å². The lowest BCUT2D eigenvalue weighted by Gasteiger charge is -2.22. The molecule has 1 amide bonds. The van der Waals surface area contributed by atoms with E-state index in [-0.39, 0.29) is 11.9 Å². The number of amides is 1. The van der Waals surface area contributed by atoms with Crippen molar-refractivity contribution in [3.05, 3.63) is 35.4 Å². The summed E-state index contributed by atoms with van der Waals surface area (Å²) in [5, 5.41) is 0. The summed E-state index contributed by atoms with van der Waals surface area (Å²) >= 11 is 0. The first kappa shape index (κ1) is 17.0. The van der Waals surface area contributed by atoms with Gasteiger partial charge in [0.1, 0.15) is 0 Å². The summed E-state index contributed by atoms with van der Waals surface area (Å²) in [5.41, 5.74) is 1.89. The van der Waals surface area contributed by atoms with Crippen molar-refractivity contribution in [3.63, 3.8) is 0 Å². The van der Waals surface area contributed by atoms with Crippen LogP contribution >= 0.6 is 0 Å². The maximum atomic E-state index is 12.2. The number of sulfonamides is 1. The van der Waals surface area contributed by atoms with E-state index >= 15 is 0 Å². The van der Waals surface area contributed by atoms with Crippen molar-refractivity contribution in [2.24, 2.45) is 0 Å². The maximum absolute atomic E-state index is 12.2. The molecule has 1 aromatic rings. The highest BCUT2D eigenvalue weighted by atomic mass is 32.2. The quantitative estimate of drug-likeness (QED) is 0.900. The van der Waals surface area contributed by atoms with Crippen LogP contribution in [0.4, 0.5) is 0 Å². The Kier molecular flexibility index (Phi) is 5.58. The fourth-order valence-corrected chi connectivity index (χ4v) is 3.79. The first-order valence-electron chi connectivity index (χ1n) is 7.60. The molecule has 1 saturated heterocycles. The molecule has 0 bridgehead atoms. The molecule has 22 heavy (non-hydrogen) atoms. The van der Waals surface area contributed by atoms with Crippen LogP contribution in [0.15, 0.2) is 24.3 Å². The number of benzene rings is 1. The van der Waals surface area contributed by atoms with E-state index in [2.05, 4.69) is 4.72 Å². The molecule has 2 atom stereocenters. The number of ether oxygens (including phenoxy) is 1. The lowest BCUT2D eigenvalue weighted by molar-refractivity contribution is -0.120. The summed E-state index contributed by atoms with van der Waals surface area (Å²) in [6.07, 6.45) is 2.35. The Bertz CT molecular complexity index is 604. The molecular formula is C16H23NO4S. The Morgan fingerprint density at radius 2 is 2.00 bits per heavy atom. The molecule has 1 aromatic carbocycles. The van der Waals surface area contributed by atoms with Crippen molar-refractivity contribution >= 4 is 15.9 Å². The van der Waals surface area contributed by atoms with Gasteiger partial charge < -0.3 is 4.74 Å². The van der Waals surface area contributed by atoms with E-state index in [1.165, 1.54) is 0 Å². The molecular weight excluding hydrogens is 302 g/mol. The molecule has 0 radical (unpaired) electrons. The normalized spacial score (nSPS) is 20.4. The van der Waals surface area contributed by atoms with Crippen molar-refractivity contribution < 1.29 is 17.9 Å². The third-order valence-corrected chi connectivity index (χ3v) is 5.23. The van der Waals surface area contributed by atoms with Crippen LogP contribution in [0.3, 0.4) is 0 Å². The Labute approximate surface area is 132 Å². The van der Waals surface area contributed by atoms with Gasteiger partial charge in [0.05, 0.1) is 17.8 Å². The first-order valence-corrected chi connectivity index (χ1v) is 9.25. The zero-order chi connectivity index (χ0) is 16.2. The third-order valence-electron chi connectivity index (χ3n) is 3.91. The molecule has 5 nitrogen and oxygen atoms in total. The van der Waals surface area contributed by atoms with E-state index < -0.39 is 21.8 Å². The molecule has 0 aromatic heterocycles. The van der Waals surface area contributed by atoms with E-state index in [1.807, 2.05) is 31.2 Å². The van der Waals surface area contributed by atoms with E-state index in [4.69, 9.17) is 4.74 Å². The van der Waals surface area contributed by atoms with Gasteiger partial charge in [0.15, 0.2) is 0 Å². The fourth-order valence-electron chi connectivity index (χ4n) is 2.47. The minimum Gasteiger partial charge on any atom is -0.377 e. The molecule has 122 valence electrons. The smallest absolute Gasteiger partial charge is 0.240 e. The molecule has 1 fully saturated rings. The summed E-state index contributed by atoms with van der Waals surface area (Å²) in [4.78, 5) is 12.2. The first-order chi connectivity index (χ1) is 10.4. The Morgan fingerprint density at radius 1 is 1.32 bits per heavy atom. The second-order valence-electron chi connectivity index (χ2n) is 5.87. The van der Waals surface area contributed by atoms with Crippen molar-refractivity contribution in [2.45, 2.75) is 45.1 Å². The summed E-state index contributed by atoms with van der Waals surface area (Å²) < 4.78 is 31.8. The Balaban J connectivity index is 1.95. The van der Waals surface area contributed by atoms with Gasteiger partial charge >= 0.3 is 0 Å². The lowest BCUT2D eigenvalue weighted by Crippen LogP contribution is -2.39. The lowest BCUT2D eigenvalue weighted by atomic mass is 10.00. The predicted molar refractivity (Wildman–Crippen MR) is 85.1 cm³/mol. The Morgan fingerprint density at radius 3 is 2.59 bits per heavy atom. The average molecular weight is 325 g/mol. The topological polar surface area (TPSA) is 72.5 Å². The summed E-state index contributed by atoms with van der Waals surface area (Å²) in [5.74, 6) is -1.17. The van der Waals surface area contributed by atoms with Crippen molar-refractivity contribution in [1.82, 2.24) is 4.72 Å². The zero-order valence-electron chi connectivity index (χ0n) is 13.0. The highest BCUT2D eigenvalue weighted by molar-refractivity contribution is 7.90. The number of carbonyl (C=O) groups is 1. The molecule has 0 saturated carbocycles. The third kappa shape index (κ3) is 4.81. The highest BCUT2D eigenvalue weighted by Gasteiger charge is 2.26. The SMILES string of the molecule is Cc1ccc([C@@H](C)C(=O)NS(=O)(=O)C[C@@H]2CCCCO2)cc1. The van der Waals surface area contributed by atoms with Crippen LogP contribution in [0, 0.1) is 6.92 Å². The van der Waals surface area contributed by atoms with Gasteiger partial charge in [-0.2, -0.15) is 0 Å². The predicted octanol–water partition coefficient (Wildman–Crippen LogP) is 2.11.